The molecule has 1 fully saturated rings. The average molecular weight is 344 g/mol. The number of benzene rings is 2. The van der Waals surface area contributed by atoms with Crippen molar-refractivity contribution in [2.24, 2.45) is 0 Å². The number of carbonyl (C=O) groups excluding carboxylic acids is 1. The van der Waals surface area contributed by atoms with Gasteiger partial charge in [0.2, 0.25) is 15.9 Å². The molecule has 1 saturated heterocycles. The van der Waals surface area contributed by atoms with Gasteiger partial charge in [0.25, 0.3) is 0 Å². The van der Waals surface area contributed by atoms with Crippen LogP contribution in [0.4, 0.5) is 5.69 Å². The lowest BCUT2D eigenvalue weighted by Gasteiger charge is -2.17. The molecule has 126 valence electrons. The van der Waals surface area contributed by atoms with Crippen LogP contribution < -0.4 is 9.62 Å². The predicted molar refractivity (Wildman–Crippen MR) is 93.4 cm³/mol. The fraction of sp³-hybridized carbons (Fsp3) is 0.278. The number of rotatable bonds is 4. The molecule has 6 heteroatoms. The largest absolute Gasteiger partial charge is 0.311 e. The van der Waals surface area contributed by atoms with E-state index in [4.69, 9.17) is 0 Å². The number of para-hydroxylation sites is 1. The fourth-order valence-corrected chi connectivity index (χ4v) is 4.45. The summed E-state index contributed by atoms with van der Waals surface area (Å²) in [5.74, 6) is -0.213. The van der Waals surface area contributed by atoms with Crippen molar-refractivity contribution < 1.29 is 13.2 Å². The van der Waals surface area contributed by atoms with Crippen molar-refractivity contribution >= 4 is 21.6 Å². The zero-order valence-electron chi connectivity index (χ0n) is 13.7. The van der Waals surface area contributed by atoms with Crippen molar-refractivity contribution in [3.63, 3.8) is 0 Å². The molecule has 1 unspecified atom stereocenters. The van der Waals surface area contributed by atoms with E-state index in [0.29, 0.717) is 18.5 Å². The van der Waals surface area contributed by atoms with Crippen molar-refractivity contribution in [3.05, 3.63) is 59.7 Å². The lowest BCUT2D eigenvalue weighted by Crippen LogP contribution is -2.41. The molecule has 1 aliphatic heterocycles. The molecule has 1 N–H and O–H groups in total. The highest BCUT2D eigenvalue weighted by molar-refractivity contribution is 7.89. The van der Waals surface area contributed by atoms with Crippen LogP contribution in [-0.4, -0.2) is 26.9 Å². The summed E-state index contributed by atoms with van der Waals surface area (Å²) in [6, 6.07) is 13.8. The number of nitrogens with zero attached hydrogens (tertiary/aromatic N) is 1. The Hall–Kier alpha value is -2.18. The molecule has 1 amide bonds. The van der Waals surface area contributed by atoms with Crippen molar-refractivity contribution in [2.45, 2.75) is 31.2 Å². The van der Waals surface area contributed by atoms with Crippen LogP contribution in [0, 0.1) is 13.8 Å². The van der Waals surface area contributed by atoms with Gasteiger partial charge in [0.1, 0.15) is 6.04 Å². The van der Waals surface area contributed by atoms with E-state index in [1.165, 1.54) is 0 Å². The molecule has 5 nitrogen and oxygen atoms in total. The predicted octanol–water partition coefficient (Wildman–Crippen LogP) is 2.39. The lowest BCUT2D eigenvalue weighted by atomic mass is 10.2. The van der Waals surface area contributed by atoms with E-state index in [1.54, 1.807) is 24.0 Å². The molecule has 3 rings (SSSR count). The van der Waals surface area contributed by atoms with Gasteiger partial charge in [-0.15, -0.1) is 0 Å². The Balaban J connectivity index is 1.81. The minimum atomic E-state index is -3.73. The van der Waals surface area contributed by atoms with Gasteiger partial charge in [-0.05, 0) is 49.6 Å². The molecule has 0 saturated carbocycles. The maximum Gasteiger partial charge on any atom is 0.245 e. The summed E-state index contributed by atoms with van der Waals surface area (Å²) in [6.45, 7) is 4.10. The van der Waals surface area contributed by atoms with Crippen LogP contribution in [0.5, 0.6) is 0 Å². The smallest absolute Gasteiger partial charge is 0.245 e. The maximum atomic E-state index is 12.7. The van der Waals surface area contributed by atoms with Gasteiger partial charge >= 0.3 is 0 Å². The summed E-state index contributed by atoms with van der Waals surface area (Å²) >= 11 is 0. The molecule has 2 aromatic carbocycles. The topological polar surface area (TPSA) is 66.5 Å². The van der Waals surface area contributed by atoms with Gasteiger partial charge < -0.3 is 4.90 Å². The van der Waals surface area contributed by atoms with E-state index in [0.717, 1.165) is 11.3 Å². The van der Waals surface area contributed by atoms with Gasteiger partial charge in [-0.25, -0.2) is 8.42 Å². The summed E-state index contributed by atoms with van der Waals surface area (Å²) in [5.41, 5.74) is 2.32. The summed E-state index contributed by atoms with van der Waals surface area (Å²) in [7, 11) is -3.73. The summed E-state index contributed by atoms with van der Waals surface area (Å²) in [5, 5.41) is 0. The molecule has 24 heavy (non-hydrogen) atoms. The third kappa shape index (κ3) is 3.20. The molecular weight excluding hydrogens is 324 g/mol. The Bertz CT molecular complexity index is 863. The number of carbonyl (C=O) groups is 1. The molecular formula is C18H20N2O3S. The molecule has 0 aliphatic carbocycles. The van der Waals surface area contributed by atoms with Gasteiger partial charge in [-0.1, -0.05) is 30.3 Å². The fourth-order valence-electron chi connectivity index (χ4n) is 2.90. The molecule has 1 atom stereocenters. The van der Waals surface area contributed by atoms with E-state index in [-0.39, 0.29) is 10.8 Å². The molecule has 0 bridgehead atoms. The third-order valence-corrected chi connectivity index (χ3v) is 5.82. The van der Waals surface area contributed by atoms with E-state index < -0.39 is 16.1 Å². The number of hydrogen-bond donors (Lipinski definition) is 1. The van der Waals surface area contributed by atoms with Crippen LogP contribution in [0.15, 0.2) is 53.4 Å². The molecule has 0 spiro atoms. The highest BCUT2D eigenvalue weighted by Gasteiger charge is 2.35. The SMILES string of the molecule is Cc1ccc(C)c(S(=O)(=O)NC2CCN(c3ccccc3)C2=O)c1. The number of amides is 1. The van der Waals surface area contributed by atoms with E-state index in [2.05, 4.69) is 4.72 Å². The number of nitrogens with one attached hydrogen (secondary N) is 1. The Labute approximate surface area is 142 Å². The van der Waals surface area contributed by atoms with Crippen LogP contribution in [0.2, 0.25) is 0 Å². The van der Waals surface area contributed by atoms with Crippen LogP contribution >= 0.6 is 0 Å². The van der Waals surface area contributed by atoms with Crippen molar-refractivity contribution in [1.82, 2.24) is 4.72 Å². The van der Waals surface area contributed by atoms with Gasteiger partial charge in [-0.3, -0.25) is 4.79 Å². The molecule has 0 radical (unpaired) electrons. The number of anilines is 1. The van der Waals surface area contributed by atoms with Crippen LogP contribution in [0.25, 0.3) is 0 Å². The first-order valence-corrected chi connectivity index (χ1v) is 9.33. The number of hydrogen-bond acceptors (Lipinski definition) is 3. The van der Waals surface area contributed by atoms with Crippen LogP contribution in [0.1, 0.15) is 17.5 Å². The summed E-state index contributed by atoms with van der Waals surface area (Å²) in [4.78, 5) is 14.4. The van der Waals surface area contributed by atoms with Crippen molar-refractivity contribution in [1.29, 1.82) is 0 Å². The van der Waals surface area contributed by atoms with E-state index >= 15 is 0 Å². The minimum Gasteiger partial charge on any atom is -0.311 e. The molecule has 1 aliphatic rings. The number of sulfonamides is 1. The normalized spacial score (nSPS) is 18.2. The Morgan fingerprint density at radius 2 is 1.79 bits per heavy atom. The monoisotopic (exact) mass is 344 g/mol. The molecule has 2 aromatic rings. The first-order valence-electron chi connectivity index (χ1n) is 7.84. The second-order valence-electron chi connectivity index (χ2n) is 6.06. The Morgan fingerprint density at radius 3 is 2.50 bits per heavy atom. The van der Waals surface area contributed by atoms with E-state index in [1.807, 2.05) is 43.3 Å². The standard InChI is InChI=1S/C18H20N2O3S/c1-13-8-9-14(2)17(12-13)24(22,23)19-16-10-11-20(18(16)21)15-6-4-3-5-7-15/h3-9,12,16,19H,10-11H2,1-2H3. The quantitative estimate of drug-likeness (QED) is 0.926. The first kappa shape index (κ1) is 16.7. The van der Waals surface area contributed by atoms with Crippen molar-refractivity contribution in [2.75, 3.05) is 11.4 Å². The molecule has 0 aromatic heterocycles. The van der Waals surface area contributed by atoms with Gasteiger partial charge in [0, 0.05) is 12.2 Å². The third-order valence-electron chi connectivity index (χ3n) is 4.20. The maximum absolute atomic E-state index is 12.7. The Kier molecular flexibility index (Phi) is 4.43. The second kappa shape index (κ2) is 6.37. The minimum absolute atomic E-state index is 0.213. The Morgan fingerprint density at radius 1 is 1.08 bits per heavy atom. The zero-order chi connectivity index (χ0) is 17.3. The van der Waals surface area contributed by atoms with Gasteiger partial charge in [0.15, 0.2) is 0 Å². The molecule has 1 heterocycles. The zero-order valence-corrected chi connectivity index (χ0v) is 14.5. The van der Waals surface area contributed by atoms with Crippen LogP contribution in [-0.2, 0) is 14.8 Å². The van der Waals surface area contributed by atoms with Crippen molar-refractivity contribution in [3.8, 4) is 0 Å². The van der Waals surface area contributed by atoms with Crippen LogP contribution in [0.3, 0.4) is 0 Å². The van der Waals surface area contributed by atoms with E-state index in [9.17, 15) is 13.2 Å². The summed E-state index contributed by atoms with van der Waals surface area (Å²) < 4.78 is 27.9. The van der Waals surface area contributed by atoms with Gasteiger partial charge in [0.05, 0.1) is 4.90 Å². The highest BCUT2D eigenvalue weighted by atomic mass is 32.2. The highest BCUT2D eigenvalue weighted by Crippen LogP contribution is 2.23. The first-order chi connectivity index (χ1) is 11.4. The lowest BCUT2D eigenvalue weighted by molar-refractivity contribution is -0.118. The second-order valence-corrected chi connectivity index (χ2v) is 7.74. The number of aryl methyl sites for hydroxylation is 2. The average Bonchev–Trinajstić information content (AvgIpc) is 2.91. The van der Waals surface area contributed by atoms with Gasteiger partial charge in [-0.2, -0.15) is 4.72 Å². The summed E-state index contributed by atoms with van der Waals surface area (Å²) in [6.07, 6.45) is 0.456.